The molecule has 0 aromatic heterocycles. The smallest absolute Gasteiger partial charge is 0.189 e. The molecule has 0 saturated heterocycles. The van der Waals surface area contributed by atoms with Crippen molar-refractivity contribution in [3.63, 3.8) is 0 Å². The van der Waals surface area contributed by atoms with E-state index in [1.807, 2.05) is 24.3 Å². The summed E-state index contributed by atoms with van der Waals surface area (Å²) in [6.45, 7) is 3.85. The van der Waals surface area contributed by atoms with E-state index in [-0.39, 0.29) is 0 Å². The number of hydrogen-bond acceptors (Lipinski definition) is 4. The zero-order valence-electron chi connectivity index (χ0n) is 14.9. The third-order valence-corrected chi connectivity index (χ3v) is 4.83. The standard InChI is InChI=1S/C20H24ClNO3/c1-14(8-15-4-6-19(23-3)7-5-15)22(2)11-16-9-18(21)10-17-12-24-13-25-20(16)17/h4-7,9-10,14H,8,11-13H2,1-3H3. The lowest BCUT2D eigenvalue weighted by Crippen LogP contribution is -2.31. The molecular formula is C20H24ClNO3. The minimum Gasteiger partial charge on any atom is -0.497 e. The SMILES string of the molecule is COc1ccc(CC(C)N(C)Cc2cc(Cl)cc3c2OCOC3)cc1. The first-order valence-electron chi connectivity index (χ1n) is 8.42. The summed E-state index contributed by atoms with van der Waals surface area (Å²) in [4.78, 5) is 2.31. The van der Waals surface area contributed by atoms with Gasteiger partial charge in [-0.2, -0.15) is 0 Å². The van der Waals surface area contributed by atoms with Gasteiger partial charge in [0.1, 0.15) is 11.5 Å². The summed E-state index contributed by atoms with van der Waals surface area (Å²) in [5.41, 5.74) is 3.41. The van der Waals surface area contributed by atoms with Crippen molar-refractivity contribution in [2.24, 2.45) is 0 Å². The highest BCUT2D eigenvalue weighted by molar-refractivity contribution is 6.30. The Kier molecular flexibility index (Phi) is 5.84. The molecule has 134 valence electrons. The molecule has 0 N–H and O–H groups in total. The summed E-state index contributed by atoms with van der Waals surface area (Å²) in [6, 6.07) is 12.5. The zero-order chi connectivity index (χ0) is 17.8. The molecule has 0 fully saturated rings. The Balaban J connectivity index is 1.68. The highest BCUT2D eigenvalue weighted by atomic mass is 35.5. The Morgan fingerprint density at radius 3 is 2.72 bits per heavy atom. The molecule has 4 nitrogen and oxygen atoms in total. The van der Waals surface area contributed by atoms with Crippen LogP contribution in [-0.2, 0) is 24.3 Å². The monoisotopic (exact) mass is 361 g/mol. The number of hydrogen-bond donors (Lipinski definition) is 0. The van der Waals surface area contributed by atoms with Crippen LogP contribution >= 0.6 is 11.6 Å². The molecular weight excluding hydrogens is 338 g/mol. The van der Waals surface area contributed by atoms with Gasteiger partial charge in [-0.3, -0.25) is 4.90 Å². The summed E-state index contributed by atoms with van der Waals surface area (Å²) in [6.07, 6.45) is 0.965. The van der Waals surface area contributed by atoms with Crippen molar-refractivity contribution in [1.82, 2.24) is 4.90 Å². The van der Waals surface area contributed by atoms with Crippen LogP contribution in [0.15, 0.2) is 36.4 Å². The average Bonchev–Trinajstić information content (AvgIpc) is 2.62. The molecule has 0 spiro atoms. The number of ether oxygens (including phenoxy) is 3. The van der Waals surface area contributed by atoms with E-state index in [0.29, 0.717) is 19.4 Å². The zero-order valence-corrected chi connectivity index (χ0v) is 15.7. The molecule has 1 atom stereocenters. The Morgan fingerprint density at radius 2 is 2.00 bits per heavy atom. The molecule has 0 bridgehead atoms. The predicted octanol–water partition coefficient (Wildman–Crippen LogP) is 4.28. The lowest BCUT2D eigenvalue weighted by molar-refractivity contribution is -0.0174. The maximum Gasteiger partial charge on any atom is 0.189 e. The van der Waals surface area contributed by atoms with Crippen molar-refractivity contribution in [3.05, 3.63) is 58.1 Å². The fourth-order valence-electron chi connectivity index (χ4n) is 3.06. The fraction of sp³-hybridized carbons (Fsp3) is 0.400. The van der Waals surface area contributed by atoms with Crippen LogP contribution in [0.3, 0.4) is 0 Å². The van der Waals surface area contributed by atoms with Crippen molar-refractivity contribution < 1.29 is 14.2 Å². The van der Waals surface area contributed by atoms with E-state index >= 15 is 0 Å². The largest absolute Gasteiger partial charge is 0.497 e. The minimum absolute atomic E-state index is 0.298. The summed E-state index contributed by atoms with van der Waals surface area (Å²) in [7, 11) is 3.81. The highest BCUT2D eigenvalue weighted by Crippen LogP contribution is 2.32. The van der Waals surface area contributed by atoms with E-state index in [4.69, 9.17) is 25.8 Å². The minimum atomic E-state index is 0.298. The number of rotatable bonds is 6. The third kappa shape index (κ3) is 4.46. The number of methoxy groups -OCH3 is 1. The number of benzene rings is 2. The molecule has 2 aromatic carbocycles. The number of fused-ring (bicyclic) bond motifs is 1. The van der Waals surface area contributed by atoms with Crippen molar-refractivity contribution in [2.75, 3.05) is 21.0 Å². The van der Waals surface area contributed by atoms with E-state index in [1.165, 1.54) is 5.56 Å². The second-order valence-electron chi connectivity index (χ2n) is 6.48. The van der Waals surface area contributed by atoms with Crippen LogP contribution in [0.25, 0.3) is 0 Å². The first-order chi connectivity index (χ1) is 12.1. The Morgan fingerprint density at radius 1 is 1.24 bits per heavy atom. The molecule has 1 heterocycles. The second-order valence-corrected chi connectivity index (χ2v) is 6.92. The van der Waals surface area contributed by atoms with Gasteiger partial charge in [-0.1, -0.05) is 23.7 Å². The maximum absolute atomic E-state index is 6.26. The molecule has 0 amide bonds. The summed E-state index contributed by atoms with van der Waals surface area (Å²) in [5, 5.41) is 0.721. The van der Waals surface area contributed by atoms with E-state index in [2.05, 4.69) is 31.0 Å². The van der Waals surface area contributed by atoms with Gasteiger partial charge in [0.05, 0.1) is 13.7 Å². The van der Waals surface area contributed by atoms with Gasteiger partial charge in [0.2, 0.25) is 0 Å². The van der Waals surface area contributed by atoms with Crippen LogP contribution in [0, 0.1) is 0 Å². The Labute approximate surface area is 154 Å². The number of likely N-dealkylation sites (N-methyl/N-ethyl adjacent to an activating group) is 1. The summed E-state index contributed by atoms with van der Waals surface area (Å²) in [5.74, 6) is 1.80. The first-order valence-corrected chi connectivity index (χ1v) is 8.79. The molecule has 0 saturated carbocycles. The van der Waals surface area contributed by atoms with Gasteiger partial charge in [-0.15, -0.1) is 0 Å². The highest BCUT2D eigenvalue weighted by Gasteiger charge is 2.19. The van der Waals surface area contributed by atoms with Crippen molar-refractivity contribution >= 4 is 11.6 Å². The van der Waals surface area contributed by atoms with Crippen molar-refractivity contribution in [3.8, 4) is 11.5 Å². The third-order valence-electron chi connectivity index (χ3n) is 4.61. The van der Waals surface area contributed by atoms with Crippen LogP contribution in [0.5, 0.6) is 11.5 Å². The molecule has 5 heteroatoms. The summed E-state index contributed by atoms with van der Waals surface area (Å²) < 4.78 is 16.3. The van der Waals surface area contributed by atoms with E-state index in [1.54, 1.807) is 7.11 Å². The van der Waals surface area contributed by atoms with Gasteiger partial charge < -0.3 is 14.2 Å². The van der Waals surface area contributed by atoms with E-state index in [9.17, 15) is 0 Å². The lowest BCUT2D eigenvalue weighted by Gasteiger charge is -2.28. The van der Waals surface area contributed by atoms with Gasteiger partial charge in [0.25, 0.3) is 0 Å². The van der Waals surface area contributed by atoms with Gasteiger partial charge >= 0.3 is 0 Å². The van der Waals surface area contributed by atoms with Crippen LogP contribution in [0.1, 0.15) is 23.6 Å². The second kappa shape index (κ2) is 8.09. The van der Waals surface area contributed by atoms with Crippen LogP contribution in [0.4, 0.5) is 0 Å². The van der Waals surface area contributed by atoms with Crippen LogP contribution in [0.2, 0.25) is 5.02 Å². The number of halogens is 1. The normalized spacial score (nSPS) is 14.8. The fourth-order valence-corrected chi connectivity index (χ4v) is 3.32. The molecule has 3 rings (SSSR count). The average molecular weight is 362 g/mol. The van der Waals surface area contributed by atoms with Gasteiger partial charge in [-0.05, 0) is 50.2 Å². The maximum atomic E-state index is 6.26. The van der Waals surface area contributed by atoms with E-state index < -0.39 is 0 Å². The summed E-state index contributed by atoms with van der Waals surface area (Å²) >= 11 is 6.26. The van der Waals surface area contributed by atoms with Crippen LogP contribution < -0.4 is 9.47 Å². The van der Waals surface area contributed by atoms with Crippen molar-refractivity contribution in [2.45, 2.75) is 32.5 Å². The molecule has 1 aliphatic rings. The van der Waals surface area contributed by atoms with Gasteiger partial charge in [0, 0.05) is 28.7 Å². The molecule has 1 unspecified atom stereocenters. The molecule has 1 aliphatic heterocycles. The number of nitrogens with zero attached hydrogens (tertiary/aromatic N) is 1. The first kappa shape index (κ1) is 18.1. The Bertz CT molecular complexity index is 718. The predicted molar refractivity (Wildman–Crippen MR) is 99.4 cm³/mol. The Hall–Kier alpha value is -1.75. The van der Waals surface area contributed by atoms with E-state index in [0.717, 1.165) is 40.6 Å². The molecule has 2 aromatic rings. The van der Waals surface area contributed by atoms with Gasteiger partial charge in [-0.25, -0.2) is 0 Å². The quantitative estimate of drug-likeness (QED) is 0.768. The molecule has 0 radical (unpaired) electrons. The van der Waals surface area contributed by atoms with Crippen molar-refractivity contribution in [1.29, 1.82) is 0 Å². The van der Waals surface area contributed by atoms with Crippen LogP contribution in [-0.4, -0.2) is 31.9 Å². The van der Waals surface area contributed by atoms with Gasteiger partial charge in [0.15, 0.2) is 6.79 Å². The molecule has 25 heavy (non-hydrogen) atoms. The lowest BCUT2D eigenvalue weighted by atomic mass is 10.0. The topological polar surface area (TPSA) is 30.9 Å². The molecule has 0 aliphatic carbocycles.